The van der Waals surface area contributed by atoms with Gasteiger partial charge in [-0.25, -0.2) is 9.97 Å². The number of likely N-dealkylation sites (N-methyl/N-ethyl adjacent to an activating group) is 1. The number of anilines is 1. The monoisotopic (exact) mass is 343 g/mol. The van der Waals surface area contributed by atoms with Crippen LogP contribution in [0.1, 0.15) is 25.1 Å². The lowest BCUT2D eigenvalue weighted by Gasteiger charge is -2.47. The number of ether oxygens (including phenoxy) is 1. The summed E-state index contributed by atoms with van der Waals surface area (Å²) in [6.45, 7) is 4.26. The van der Waals surface area contributed by atoms with E-state index in [0.29, 0.717) is 6.54 Å². The standard InChI is InChI=1S/C18H25N5O2/c1-12-20-15-14(4-7-19-15)16(21-12)23-8-5-18(6-9-23)10-13(25-3)11-22(2)17(18)24/h4,7,13H,5-6,8-11H2,1-3H3,(H,19,20,21). The van der Waals surface area contributed by atoms with Gasteiger partial charge >= 0.3 is 0 Å². The summed E-state index contributed by atoms with van der Waals surface area (Å²) in [7, 11) is 3.63. The van der Waals surface area contributed by atoms with Crippen LogP contribution in [0, 0.1) is 12.3 Å². The molecule has 2 aromatic heterocycles. The van der Waals surface area contributed by atoms with Gasteiger partial charge < -0.3 is 19.5 Å². The van der Waals surface area contributed by atoms with Crippen molar-refractivity contribution in [3.63, 3.8) is 0 Å². The molecule has 7 heteroatoms. The summed E-state index contributed by atoms with van der Waals surface area (Å²) in [6, 6.07) is 2.02. The van der Waals surface area contributed by atoms with Gasteiger partial charge in [0.05, 0.1) is 16.9 Å². The summed E-state index contributed by atoms with van der Waals surface area (Å²) in [5.74, 6) is 2.00. The van der Waals surface area contributed by atoms with E-state index in [0.717, 1.165) is 55.0 Å². The van der Waals surface area contributed by atoms with E-state index in [4.69, 9.17) is 4.74 Å². The maximum atomic E-state index is 12.9. The lowest BCUT2D eigenvalue weighted by Crippen LogP contribution is -2.56. The number of nitrogens with one attached hydrogen (secondary N) is 1. The van der Waals surface area contributed by atoms with Crippen LogP contribution in [0.5, 0.6) is 0 Å². The predicted molar refractivity (Wildman–Crippen MR) is 95.6 cm³/mol. The highest BCUT2D eigenvalue weighted by molar-refractivity contribution is 5.88. The molecule has 2 aromatic rings. The maximum absolute atomic E-state index is 12.9. The quantitative estimate of drug-likeness (QED) is 0.899. The Labute approximate surface area is 147 Å². The molecule has 1 amide bonds. The molecule has 2 saturated heterocycles. The number of carbonyl (C=O) groups excluding carboxylic acids is 1. The van der Waals surface area contributed by atoms with Crippen LogP contribution < -0.4 is 4.90 Å². The van der Waals surface area contributed by atoms with Crippen LogP contribution in [0.3, 0.4) is 0 Å². The molecule has 2 fully saturated rings. The zero-order valence-corrected chi connectivity index (χ0v) is 15.1. The number of piperidine rings is 2. The number of H-pyrrole nitrogens is 1. The minimum Gasteiger partial charge on any atom is -0.380 e. The Morgan fingerprint density at radius 3 is 2.80 bits per heavy atom. The number of rotatable bonds is 2. The average Bonchev–Trinajstić information content (AvgIpc) is 3.07. The van der Waals surface area contributed by atoms with Gasteiger partial charge in [-0.2, -0.15) is 0 Å². The van der Waals surface area contributed by atoms with Crippen molar-refractivity contribution in [2.75, 3.05) is 38.7 Å². The Hall–Kier alpha value is -2.15. The Morgan fingerprint density at radius 2 is 2.08 bits per heavy atom. The lowest BCUT2D eigenvalue weighted by molar-refractivity contribution is -0.153. The summed E-state index contributed by atoms with van der Waals surface area (Å²) < 4.78 is 5.58. The van der Waals surface area contributed by atoms with Gasteiger partial charge in [-0.15, -0.1) is 0 Å². The fourth-order valence-corrected chi connectivity index (χ4v) is 4.38. The zero-order valence-electron chi connectivity index (χ0n) is 15.1. The molecule has 7 nitrogen and oxygen atoms in total. The minimum absolute atomic E-state index is 0.131. The van der Waals surface area contributed by atoms with Crippen molar-refractivity contribution in [2.45, 2.75) is 32.3 Å². The van der Waals surface area contributed by atoms with Crippen LogP contribution in [-0.4, -0.2) is 65.7 Å². The molecule has 0 bridgehead atoms. The largest absolute Gasteiger partial charge is 0.380 e. The van der Waals surface area contributed by atoms with Gasteiger partial charge in [0.25, 0.3) is 0 Å². The molecule has 134 valence electrons. The van der Waals surface area contributed by atoms with Gasteiger partial charge in [0.15, 0.2) is 0 Å². The summed E-state index contributed by atoms with van der Waals surface area (Å²) in [6.07, 6.45) is 4.53. The van der Waals surface area contributed by atoms with Crippen molar-refractivity contribution in [1.29, 1.82) is 0 Å². The van der Waals surface area contributed by atoms with E-state index in [1.54, 1.807) is 7.11 Å². The number of likely N-dealkylation sites (tertiary alicyclic amines) is 1. The van der Waals surface area contributed by atoms with Crippen LogP contribution in [0.25, 0.3) is 11.0 Å². The number of aryl methyl sites for hydroxylation is 1. The first-order valence-corrected chi connectivity index (χ1v) is 8.87. The molecule has 4 rings (SSSR count). The number of hydrogen-bond donors (Lipinski definition) is 1. The predicted octanol–water partition coefficient (Wildman–Crippen LogP) is 1.73. The number of aromatic nitrogens is 3. The summed E-state index contributed by atoms with van der Waals surface area (Å²) in [4.78, 5) is 29.3. The van der Waals surface area contributed by atoms with E-state index >= 15 is 0 Å². The third-order valence-electron chi connectivity index (χ3n) is 5.76. The van der Waals surface area contributed by atoms with Crippen LogP contribution in [-0.2, 0) is 9.53 Å². The second kappa shape index (κ2) is 5.98. The zero-order chi connectivity index (χ0) is 17.6. The van der Waals surface area contributed by atoms with Gasteiger partial charge in [0.1, 0.15) is 17.3 Å². The Morgan fingerprint density at radius 1 is 1.32 bits per heavy atom. The number of fused-ring (bicyclic) bond motifs is 1. The fourth-order valence-electron chi connectivity index (χ4n) is 4.38. The minimum atomic E-state index is -0.288. The highest BCUT2D eigenvalue weighted by atomic mass is 16.5. The van der Waals surface area contributed by atoms with Gasteiger partial charge in [-0.3, -0.25) is 4.79 Å². The third-order valence-corrected chi connectivity index (χ3v) is 5.76. The van der Waals surface area contributed by atoms with Gasteiger partial charge in [-0.1, -0.05) is 0 Å². The van der Waals surface area contributed by atoms with Crippen molar-refractivity contribution in [1.82, 2.24) is 19.9 Å². The number of aromatic amines is 1. The van der Waals surface area contributed by atoms with Crippen molar-refractivity contribution in [2.24, 2.45) is 5.41 Å². The van der Waals surface area contributed by atoms with Crippen molar-refractivity contribution in [3.05, 3.63) is 18.1 Å². The number of nitrogens with zero attached hydrogens (tertiary/aromatic N) is 4. The van der Waals surface area contributed by atoms with Crippen molar-refractivity contribution >= 4 is 22.8 Å². The highest BCUT2D eigenvalue weighted by Crippen LogP contribution is 2.42. The molecule has 0 radical (unpaired) electrons. The molecule has 2 aliphatic rings. The first kappa shape index (κ1) is 16.3. The van der Waals surface area contributed by atoms with Crippen molar-refractivity contribution < 1.29 is 9.53 Å². The fraction of sp³-hybridized carbons (Fsp3) is 0.611. The Bertz CT molecular complexity index is 794. The normalized spacial score (nSPS) is 23.6. The van der Waals surface area contributed by atoms with E-state index in [9.17, 15) is 4.79 Å². The van der Waals surface area contributed by atoms with Crippen molar-refractivity contribution in [3.8, 4) is 0 Å². The van der Waals surface area contributed by atoms with Crippen LogP contribution >= 0.6 is 0 Å². The van der Waals surface area contributed by atoms with E-state index in [-0.39, 0.29) is 17.4 Å². The number of carbonyl (C=O) groups is 1. The summed E-state index contributed by atoms with van der Waals surface area (Å²) in [5, 5.41) is 1.04. The second-order valence-electron chi connectivity index (χ2n) is 7.35. The number of amides is 1. The molecule has 1 N–H and O–H groups in total. The number of methoxy groups -OCH3 is 1. The van der Waals surface area contributed by atoms with E-state index in [1.165, 1.54) is 0 Å². The van der Waals surface area contributed by atoms with Gasteiger partial charge in [0, 0.05) is 40.0 Å². The van der Waals surface area contributed by atoms with E-state index in [1.807, 2.05) is 31.1 Å². The first-order chi connectivity index (χ1) is 12.0. The SMILES string of the molecule is COC1CN(C)C(=O)C2(CCN(c3nc(C)nc4[nH]ccc34)CC2)C1. The van der Waals surface area contributed by atoms with Gasteiger partial charge in [-0.05, 0) is 32.3 Å². The highest BCUT2D eigenvalue weighted by Gasteiger charge is 2.48. The lowest BCUT2D eigenvalue weighted by atomic mass is 9.71. The molecule has 4 heterocycles. The summed E-state index contributed by atoms with van der Waals surface area (Å²) >= 11 is 0. The first-order valence-electron chi connectivity index (χ1n) is 8.87. The number of hydrogen-bond acceptors (Lipinski definition) is 5. The van der Waals surface area contributed by atoms with Crippen LogP contribution in [0.2, 0.25) is 0 Å². The molecule has 1 spiro atoms. The van der Waals surface area contributed by atoms with E-state index < -0.39 is 0 Å². The van der Waals surface area contributed by atoms with Crippen LogP contribution in [0.15, 0.2) is 12.3 Å². The Kier molecular flexibility index (Phi) is 3.91. The second-order valence-corrected chi connectivity index (χ2v) is 7.35. The molecule has 0 saturated carbocycles. The topological polar surface area (TPSA) is 74.3 Å². The molecule has 0 aromatic carbocycles. The molecule has 1 atom stereocenters. The van der Waals surface area contributed by atoms with E-state index in [2.05, 4.69) is 19.9 Å². The molecule has 1 unspecified atom stereocenters. The summed E-state index contributed by atoms with van der Waals surface area (Å²) in [5.41, 5.74) is 0.583. The third kappa shape index (κ3) is 2.66. The van der Waals surface area contributed by atoms with Gasteiger partial charge in [0.2, 0.25) is 5.91 Å². The smallest absolute Gasteiger partial charge is 0.228 e. The maximum Gasteiger partial charge on any atom is 0.228 e. The molecule has 25 heavy (non-hydrogen) atoms. The average molecular weight is 343 g/mol. The van der Waals surface area contributed by atoms with Crippen LogP contribution in [0.4, 0.5) is 5.82 Å². The molecule has 0 aliphatic carbocycles. The molecular formula is C18H25N5O2. The Balaban J connectivity index is 1.58. The molecular weight excluding hydrogens is 318 g/mol. The molecule has 2 aliphatic heterocycles.